The molecule has 5 rings (SSSR count). The molecule has 0 aromatic rings. The van der Waals surface area contributed by atoms with Crippen molar-refractivity contribution in [3.63, 3.8) is 0 Å². The van der Waals surface area contributed by atoms with Crippen molar-refractivity contribution >= 4 is 11.9 Å². The topological polar surface area (TPSA) is 93.1 Å². The monoisotopic (exact) mass is 432 g/mol. The normalized spacial score (nSPS) is 48.8. The number of ether oxygens (including phenoxy) is 2. The Labute approximate surface area is 184 Å². The van der Waals surface area contributed by atoms with E-state index in [-0.39, 0.29) is 47.3 Å². The van der Waals surface area contributed by atoms with Gasteiger partial charge in [-0.3, -0.25) is 4.79 Å². The van der Waals surface area contributed by atoms with Crippen LogP contribution in [0.4, 0.5) is 0 Å². The first kappa shape index (κ1) is 21.4. The summed E-state index contributed by atoms with van der Waals surface area (Å²) in [5.74, 6) is 0.508. The van der Waals surface area contributed by atoms with Gasteiger partial charge in [-0.15, -0.1) is 0 Å². The van der Waals surface area contributed by atoms with Crippen molar-refractivity contribution in [1.29, 1.82) is 0 Å². The SMILES string of the molecule is CC(=O)O[C@H]1CC[C@@]2(CO)[C@@H](CC[C@@H]3[C@@H]2CC[C@]2(C)[C@@H](C4=CC(=O)OC4)CC[C@]32O)C1. The van der Waals surface area contributed by atoms with Crippen molar-refractivity contribution in [2.45, 2.75) is 83.3 Å². The molecule has 0 amide bonds. The number of carbonyl (C=O) groups is 2. The van der Waals surface area contributed by atoms with Crippen molar-refractivity contribution in [2.24, 2.45) is 34.5 Å². The predicted octanol–water partition coefficient (Wildman–Crippen LogP) is 3.15. The first-order valence-electron chi connectivity index (χ1n) is 12.1. The molecule has 172 valence electrons. The van der Waals surface area contributed by atoms with Crippen LogP contribution in [-0.4, -0.2) is 47.1 Å². The summed E-state index contributed by atoms with van der Waals surface area (Å²) in [6.45, 7) is 4.20. The fourth-order valence-corrected chi connectivity index (χ4v) is 8.82. The first-order valence-corrected chi connectivity index (χ1v) is 12.1. The zero-order valence-electron chi connectivity index (χ0n) is 18.8. The van der Waals surface area contributed by atoms with Gasteiger partial charge in [0.1, 0.15) is 12.7 Å². The lowest BCUT2D eigenvalue weighted by molar-refractivity contribution is -0.221. The van der Waals surface area contributed by atoms with E-state index in [0.29, 0.717) is 18.4 Å². The molecule has 6 nitrogen and oxygen atoms in total. The Kier molecular flexibility index (Phi) is 5.06. The maximum Gasteiger partial charge on any atom is 0.331 e. The number of rotatable bonds is 3. The summed E-state index contributed by atoms with van der Waals surface area (Å²) in [5, 5.41) is 22.9. The number of aliphatic hydroxyl groups is 2. The molecule has 0 aromatic heterocycles. The zero-order valence-corrected chi connectivity index (χ0v) is 18.8. The van der Waals surface area contributed by atoms with Gasteiger partial charge < -0.3 is 19.7 Å². The van der Waals surface area contributed by atoms with E-state index in [1.54, 1.807) is 6.08 Å². The van der Waals surface area contributed by atoms with E-state index in [1.165, 1.54) is 6.92 Å². The Balaban J connectivity index is 1.42. The van der Waals surface area contributed by atoms with Crippen LogP contribution in [0.3, 0.4) is 0 Å². The second-order valence-corrected chi connectivity index (χ2v) is 11.2. The third kappa shape index (κ3) is 2.97. The number of fused-ring (bicyclic) bond motifs is 5. The highest BCUT2D eigenvalue weighted by atomic mass is 16.5. The molecule has 0 saturated heterocycles. The molecule has 5 aliphatic rings. The minimum Gasteiger partial charge on any atom is -0.463 e. The lowest BCUT2D eigenvalue weighted by Gasteiger charge is -2.64. The minimum atomic E-state index is -0.771. The summed E-state index contributed by atoms with van der Waals surface area (Å²) >= 11 is 0. The van der Waals surface area contributed by atoms with Crippen LogP contribution in [0.25, 0.3) is 0 Å². The number of esters is 2. The van der Waals surface area contributed by atoms with Crippen LogP contribution in [0.1, 0.15) is 71.6 Å². The Morgan fingerprint density at radius 2 is 1.97 bits per heavy atom. The van der Waals surface area contributed by atoms with E-state index in [1.807, 2.05) is 0 Å². The third-order valence-corrected chi connectivity index (χ3v) is 10.3. The Bertz CT molecular complexity index is 806. The molecule has 4 fully saturated rings. The molecule has 0 unspecified atom stereocenters. The highest BCUT2D eigenvalue weighted by molar-refractivity contribution is 5.85. The molecular formula is C25H36O6. The van der Waals surface area contributed by atoms with Gasteiger partial charge in [-0.2, -0.15) is 0 Å². The van der Waals surface area contributed by atoms with Crippen LogP contribution in [0.15, 0.2) is 11.6 Å². The molecule has 6 heteroatoms. The lowest BCUT2D eigenvalue weighted by atomic mass is 9.43. The number of hydrogen-bond donors (Lipinski definition) is 2. The molecule has 4 aliphatic carbocycles. The van der Waals surface area contributed by atoms with E-state index < -0.39 is 5.60 Å². The lowest BCUT2D eigenvalue weighted by Crippen LogP contribution is -2.63. The second-order valence-electron chi connectivity index (χ2n) is 11.2. The van der Waals surface area contributed by atoms with E-state index in [0.717, 1.165) is 63.4 Å². The Morgan fingerprint density at radius 1 is 1.16 bits per heavy atom. The largest absolute Gasteiger partial charge is 0.463 e. The van der Waals surface area contributed by atoms with E-state index >= 15 is 0 Å². The van der Waals surface area contributed by atoms with E-state index in [2.05, 4.69) is 6.92 Å². The van der Waals surface area contributed by atoms with Crippen LogP contribution >= 0.6 is 0 Å². The molecule has 4 saturated carbocycles. The van der Waals surface area contributed by atoms with Gasteiger partial charge in [0, 0.05) is 25.0 Å². The van der Waals surface area contributed by atoms with E-state index in [9.17, 15) is 19.8 Å². The fraction of sp³-hybridized carbons (Fsp3) is 0.840. The van der Waals surface area contributed by atoms with Crippen molar-refractivity contribution < 1.29 is 29.3 Å². The van der Waals surface area contributed by atoms with Crippen molar-refractivity contribution in [3.05, 3.63) is 11.6 Å². The van der Waals surface area contributed by atoms with Crippen LogP contribution in [0.5, 0.6) is 0 Å². The maximum atomic E-state index is 12.2. The van der Waals surface area contributed by atoms with Gasteiger partial charge in [0.15, 0.2) is 0 Å². The number of cyclic esters (lactones) is 1. The number of hydrogen-bond acceptors (Lipinski definition) is 6. The standard InChI is InChI=1S/C25H36O6/c1-15(27)31-18-5-9-24(14-26)17(12-18)3-4-21-20(24)6-8-23(2)19(7-10-25(21,23)29)16-11-22(28)30-13-16/h11,17-21,26,29H,3-10,12-14H2,1-2H3/t17-,18-,19+,20-,21+,23+,24+,25-/m0/s1. The summed E-state index contributed by atoms with van der Waals surface area (Å²) in [6, 6.07) is 0. The predicted molar refractivity (Wildman–Crippen MR) is 113 cm³/mol. The molecule has 8 atom stereocenters. The van der Waals surface area contributed by atoms with Crippen LogP contribution in [0, 0.1) is 34.5 Å². The van der Waals surface area contributed by atoms with Crippen molar-refractivity contribution in [2.75, 3.05) is 13.2 Å². The molecule has 0 bridgehead atoms. The fourth-order valence-electron chi connectivity index (χ4n) is 8.82. The summed E-state index contributed by atoms with van der Waals surface area (Å²) in [4.78, 5) is 23.2. The van der Waals surface area contributed by atoms with Gasteiger partial charge in [0.25, 0.3) is 0 Å². The highest BCUT2D eigenvalue weighted by Gasteiger charge is 2.68. The summed E-state index contributed by atoms with van der Waals surface area (Å²) in [6.07, 6.45) is 9.56. The van der Waals surface area contributed by atoms with E-state index in [4.69, 9.17) is 9.47 Å². The molecule has 1 heterocycles. The van der Waals surface area contributed by atoms with Gasteiger partial charge in [-0.1, -0.05) is 6.92 Å². The minimum absolute atomic E-state index is 0.0432. The molecule has 31 heavy (non-hydrogen) atoms. The van der Waals surface area contributed by atoms with Gasteiger partial charge in [0.05, 0.1) is 5.60 Å². The Hall–Kier alpha value is -1.40. The smallest absolute Gasteiger partial charge is 0.331 e. The average Bonchev–Trinajstić information content (AvgIpc) is 3.27. The third-order valence-electron chi connectivity index (χ3n) is 10.3. The molecule has 1 aliphatic heterocycles. The van der Waals surface area contributed by atoms with Crippen molar-refractivity contribution in [3.8, 4) is 0 Å². The van der Waals surface area contributed by atoms with Crippen LogP contribution < -0.4 is 0 Å². The summed E-state index contributed by atoms with van der Waals surface area (Å²) in [7, 11) is 0. The van der Waals surface area contributed by atoms with Gasteiger partial charge in [0.2, 0.25) is 0 Å². The Morgan fingerprint density at radius 3 is 2.65 bits per heavy atom. The van der Waals surface area contributed by atoms with Gasteiger partial charge >= 0.3 is 11.9 Å². The molecule has 2 N–H and O–H groups in total. The van der Waals surface area contributed by atoms with Crippen molar-refractivity contribution in [1.82, 2.24) is 0 Å². The highest BCUT2D eigenvalue weighted by Crippen LogP contribution is 2.70. The van der Waals surface area contributed by atoms with Crippen LogP contribution in [-0.2, 0) is 19.1 Å². The molecular weight excluding hydrogens is 396 g/mol. The van der Waals surface area contributed by atoms with Gasteiger partial charge in [-0.05, 0) is 92.4 Å². The quantitative estimate of drug-likeness (QED) is 0.666. The molecule has 0 aromatic carbocycles. The molecule has 0 spiro atoms. The number of carbonyl (C=O) groups excluding carboxylic acids is 2. The van der Waals surface area contributed by atoms with Crippen LogP contribution in [0.2, 0.25) is 0 Å². The maximum absolute atomic E-state index is 12.2. The zero-order chi connectivity index (χ0) is 22.0. The second kappa shape index (κ2) is 7.31. The number of aliphatic hydroxyl groups excluding tert-OH is 1. The van der Waals surface area contributed by atoms with Gasteiger partial charge in [-0.25, -0.2) is 4.79 Å². The average molecular weight is 433 g/mol. The summed E-state index contributed by atoms with van der Waals surface area (Å²) in [5.41, 5.74) is -0.158. The first-order chi connectivity index (χ1) is 14.7. The summed E-state index contributed by atoms with van der Waals surface area (Å²) < 4.78 is 10.7. The molecule has 0 radical (unpaired) electrons.